The van der Waals surface area contributed by atoms with E-state index in [9.17, 15) is 4.79 Å². The van der Waals surface area contributed by atoms with E-state index in [2.05, 4.69) is 31.3 Å². The smallest absolute Gasteiger partial charge is 0.307 e. The van der Waals surface area contributed by atoms with Crippen LogP contribution in [-0.2, 0) is 4.79 Å². The fourth-order valence-corrected chi connectivity index (χ4v) is 3.20. The highest BCUT2D eigenvalue weighted by Crippen LogP contribution is 2.36. The van der Waals surface area contributed by atoms with Gasteiger partial charge in [0.1, 0.15) is 5.75 Å². The highest BCUT2D eigenvalue weighted by atomic mass is 16.5. The maximum absolute atomic E-state index is 11.1. The molecule has 1 aromatic carbocycles. The number of aliphatic carboxylic acids is 1. The SMILES string of the molecule is CCC(CC)c1ccc(OC)c(C2CC(C(=O)O)CN2)c1. The van der Waals surface area contributed by atoms with E-state index in [1.54, 1.807) is 7.11 Å². The molecule has 4 heteroatoms. The fraction of sp³-hybridized carbons (Fsp3) is 0.588. The van der Waals surface area contributed by atoms with Gasteiger partial charge in [0.05, 0.1) is 13.0 Å². The van der Waals surface area contributed by atoms with Gasteiger partial charge in [-0.2, -0.15) is 0 Å². The minimum atomic E-state index is -0.722. The van der Waals surface area contributed by atoms with Crippen LogP contribution in [0.3, 0.4) is 0 Å². The van der Waals surface area contributed by atoms with Crippen molar-refractivity contribution < 1.29 is 14.6 Å². The van der Waals surface area contributed by atoms with Gasteiger partial charge in [-0.1, -0.05) is 26.0 Å². The van der Waals surface area contributed by atoms with E-state index in [0.717, 1.165) is 24.2 Å². The van der Waals surface area contributed by atoms with Crippen LogP contribution in [0.15, 0.2) is 18.2 Å². The predicted octanol–water partition coefficient (Wildman–Crippen LogP) is 3.33. The number of rotatable bonds is 6. The van der Waals surface area contributed by atoms with Crippen molar-refractivity contribution in [3.8, 4) is 5.75 Å². The molecule has 0 spiro atoms. The van der Waals surface area contributed by atoms with Crippen molar-refractivity contribution in [2.24, 2.45) is 5.92 Å². The first-order valence-electron chi connectivity index (χ1n) is 7.74. The molecule has 1 aliphatic rings. The maximum Gasteiger partial charge on any atom is 0.307 e. The second-order valence-corrected chi connectivity index (χ2v) is 5.75. The van der Waals surface area contributed by atoms with Gasteiger partial charge in [-0.3, -0.25) is 4.79 Å². The van der Waals surface area contributed by atoms with Gasteiger partial charge in [0.2, 0.25) is 0 Å². The molecule has 1 aromatic rings. The Hall–Kier alpha value is -1.55. The first-order valence-corrected chi connectivity index (χ1v) is 7.74. The van der Waals surface area contributed by atoms with Gasteiger partial charge in [0, 0.05) is 18.2 Å². The molecule has 116 valence electrons. The third-order valence-corrected chi connectivity index (χ3v) is 4.57. The summed E-state index contributed by atoms with van der Waals surface area (Å²) >= 11 is 0. The maximum atomic E-state index is 11.1. The van der Waals surface area contributed by atoms with Gasteiger partial charge in [-0.15, -0.1) is 0 Å². The van der Waals surface area contributed by atoms with Crippen LogP contribution >= 0.6 is 0 Å². The van der Waals surface area contributed by atoms with Crippen LogP contribution in [0.2, 0.25) is 0 Å². The van der Waals surface area contributed by atoms with Gasteiger partial charge in [0.25, 0.3) is 0 Å². The number of carbonyl (C=O) groups is 1. The van der Waals surface area contributed by atoms with Crippen LogP contribution in [0, 0.1) is 5.92 Å². The molecule has 2 rings (SSSR count). The predicted molar refractivity (Wildman–Crippen MR) is 82.8 cm³/mol. The number of nitrogens with one attached hydrogen (secondary N) is 1. The lowest BCUT2D eigenvalue weighted by Crippen LogP contribution is -2.17. The molecule has 1 fully saturated rings. The summed E-state index contributed by atoms with van der Waals surface area (Å²) in [7, 11) is 1.67. The van der Waals surface area contributed by atoms with Crippen molar-refractivity contribution in [2.75, 3.05) is 13.7 Å². The Kier molecular flexibility index (Phi) is 5.23. The normalized spacial score (nSPS) is 21.7. The zero-order chi connectivity index (χ0) is 15.4. The van der Waals surface area contributed by atoms with Crippen LogP contribution in [0.4, 0.5) is 0 Å². The molecule has 2 N–H and O–H groups in total. The lowest BCUT2D eigenvalue weighted by atomic mass is 9.90. The Bertz CT molecular complexity index is 497. The summed E-state index contributed by atoms with van der Waals surface area (Å²) in [5, 5.41) is 12.5. The van der Waals surface area contributed by atoms with Gasteiger partial charge in [-0.25, -0.2) is 0 Å². The topological polar surface area (TPSA) is 58.6 Å². The average molecular weight is 291 g/mol. The van der Waals surface area contributed by atoms with Crippen molar-refractivity contribution >= 4 is 5.97 Å². The van der Waals surface area contributed by atoms with E-state index in [4.69, 9.17) is 9.84 Å². The first kappa shape index (κ1) is 15.8. The fourth-order valence-electron chi connectivity index (χ4n) is 3.20. The van der Waals surface area contributed by atoms with Crippen LogP contribution in [0.1, 0.15) is 56.2 Å². The molecule has 0 saturated carbocycles. The summed E-state index contributed by atoms with van der Waals surface area (Å²) in [6, 6.07) is 6.40. The highest BCUT2D eigenvalue weighted by molar-refractivity contribution is 5.71. The minimum Gasteiger partial charge on any atom is -0.496 e. The monoisotopic (exact) mass is 291 g/mol. The Balaban J connectivity index is 2.28. The lowest BCUT2D eigenvalue weighted by molar-refractivity contribution is -0.141. The Morgan fingerprint density at radius 2 is 2.14 bits per heavy atom. The zero-order valence-corrected chi connectivity index (χ0v) is 13.1. The second-order valence-electron chi connectivity index (χ2n) is 5.75. The van der Waals surface area contributed by atoms with E-state index in [1.165, 1.54) is 5.56 Å². The number of carboxylic acids is 1. The molecular formula is C17H25NO3. The number of hydrogen-bond donors (Lipinski definition) is 2. The third-order valence-electron chi connectivity index (χ3n) is 4.57. The standard InChI is InChI=1S/C17H25NO3/c1-4-11(5-2)12-6-7-16(21-3)14(8-12)15-9-13(10-18-15)17(19)20/h6-8,11,13,15,18H,4-5,9-10H2,1-3H3,(H,19,20). The summed E-state index contributed by atoms with van der Waals surface area (Å²) in [6.07, 6.45) is 2.84. The van der Waals surface area contributed by atoms with Gasteiger partial charge in [-0.05, 0) is 36.8 Å². The molecule has 0 bridgehead atoms. The minimum absolute atomic E-state index is 0.0652. The Morgan fingerprint density at radius 1 is 1.43 bits per heavy atom. The Labute approximate surface area is 126 Å². The molecule has 1 aliphatic heterocycles. The number of methoxy groups -OCH3 is 1. The molecule has 1 heterocycles. The molecule has 2 unspecified atom stereocenters. The summed E-state index contributed by atoms with van der Waals surface area (Å²) in [5.41, 5.74) is 2.40. The molecular weight excluding hydrogens is 266 g/mol. The number of hydrogen-bond acceptors (Lipinski definition) is 3. The van der Waals surface area contributed by atoms with Crippen LogP contribution in [0.5, 0.6) is 5.75 Å². The van der Waals surface area contributed by atoms with Gasteiger partial charge < -0.3 is 15.2 Å². The van der Waals surface area contributed by atoms with Crippen molar-refractivity contribution in [3.63, 3.8) is 0 Å². The summed E-state index contributed by atoms with van der Waals surface area (Å²) in [5.74, 6) is 0.358. The summed E-state index contributed by atoms with van der Waals surface area (Å²) in [6.45, 7) is 4.93. The van der Waals surface area contributed by atoms with E-state index in [-0.39, 0.29) is 12.0 Å². The van der Waals surface area contributed by atoms with Crippen LogP contribution in [0.25, 0.3) is 0 Å². The van der Waals surface area contributed by atoms with E-state index < -0.39 is 5.97 Å². The quantitative estimate of drug-likeness (QED) is 0.844. The van der Waals surface area contributed by atoms with E-state index in [0.29, 0.717) is 18.9 Å². The molecule has 4 nitrogen and oxygen atoms in total. The summed E-state index contributed by atoms with van der Waals surface area (Å²) in [4.78, 5) is 11.1. The molecule has 0 amide bonds. The third kappa shape index (κ3) is 3.38. The number of ether oxygens (including phenoxy) is 1. The Morgan fingerprint density at radius 3 is 2.67 bits per heavy atom. The van der Waals surface area contributed by atoms with Gasteiger partial charge >= 0.3 is 5.97 Å². The molecule has 2 atom stereocenters. The first-order chi connectivity index (χ1) is 10.1. The zero-order valence-electron chi connectivity index (χ0n) is 13.1. The van der Waals surface area contributed by atoms with Crippen molar-refractivity contribution in [1.82, 2.24) is 5.32 Å². The molecule has 0 aromatic heterocycles. The van der Waals surface area contributed by atoms with Crippen molar-refractivity contribution in [3.05, 3.63) is 29.3 Å². The second kappa shape index (κ2) is 6.94. The number of carboxylic acid groups (broad SMARTS) is 1. The lowest BCUT2D eigenvalue weighted by Gasteiger charge is -2.19. The molecule has 0 aliphatic carbocycles. The highest BCUT2D eigenvalue weighted by Gasteiger charge is 2.31. The van der Waals surface area contributed by atoms with E-state index in [1.807, 2.05) is 6.07 Å². The molecule has 21 heavy (non-hydrogen) atoms. The van der Waals surface area contributed by atoms with Crippen LogP contribution < -0.4 is 10.1 Å². The average Bonchev–Trinajstić information content (AvgIpc) is 2.98. The largest absolute Gasteiger partial charge is 0.496 e. The summed E-state index contributed by atoms with van der Waals surface area (Å²) < 4.78 is 5.47. The molecule has 0 radical (unpaired) electrons. The van der Waals surface area contributed by atoms with Gasteiger partial charge in [0.15, 0.2) is 0 Å². The number of benzene rings is 1. The van der Waals surface area contributed by atoms with Crippen molar-refractivity contribution in [1.29, 1.82) is 0 Å². The van der Waals surface area contributed by atoms with Crippen molar-refractivity contribution in [2.45, 2.75) is 45.1 Å². The van der Waals surface area contributed by atoms with Crippen LogP contribution in [-0.4, -0.2) is 24.7 Å². The molecule has 1 saturated heterocycles. The van der Waals surface area contributed by atoms with E-state index >= 15 is 0 Å².